The van der Waals surface area contributed by atoms with Gasteiger partial charge in [0.15, 0.2) is 0 Å². The summed E-state index contributed by atoms with van der Waals surface area (Å²) >= 11 is 0. The van der Waals surface area contributed by atoms with Gasteiger partial charge in [-0.1, -0.05) is 32.1 Å². The zero-order chi connectivity index (χ0) is 9.31. The van der Waals surface area contributed by atoms with Crippen molar-refractivity contribution in [3.63, 3.8) is 0 Å². The molecule has 2 rings (SSSR count). The molecule has 2 aliphatic carbocycles. The van der Waals surface area contributed by atoms with Gasteiger partial charge in [0.25, 0.3) is 0 Å². The first-order chi connectivity index (χ1) is 6.25. The van der Waals surface area contributed by atoms with Gasteiger partial charge in [0.1, 0.15) is 0 Å². The molecule has 1 unspecified atom stereocenters. The van der Waals surface area contributed by atoms with Crippen LogP contribution in [-0.2, 0) is 4.79 Å². The second-order valence-corrected chi connectivity index (χ2v) is 4.73. The highest BCUT2D eigenvalue weighted by atomic mass is 16.4. The van der Waals surface area contributed by atoms with Crippen molar-refractivity contribution in [1.29, 1.82) is 0 Å². The third-order valence-corrected chi connectivity index (χ3v) is 3.84. The molecule has 2 saturated carbocycles. The van der Waals surface area contributed by atoms with Crippen molar-refractivity contribution in [3.05, 3.63) is 0 Å². The Kier molecular flexibility index (Phi) is 2.31. The molecule has 1 atom stereocenters. The summed E-state index contributed by atoms with van der Waals surface area (Å²) in [5.74, 6) is -0.550. The Morgan fingerprint density at radius 1 is 1.08 bits per heavy atom. The fourth-order valence-electron chi connectivity index (χ4n) is 2.86. The summed E-state index contributed by atoms with van der Waals surface area (Å²) in [6, 6.07) is 0. The zero-order valence-corrected chi connectivity index (χ0v) is 8.09. The van der Waals surface area contributed by atoms with Gasteiger partial charge in [-0.15, -0.1) is 0 Å². The van der Waals surface area contributed by atoms with E-state index in [-0.39, 0.29) is 11.3 Å². The van der Waals surface area contributed by atoms with Gasteiger partial charge < -0.3 is 5.11 Å². The molecule has 0 amide bonds. The van der Waals surface area contributed by atoms with E-state index < -0.39 is 5.97 Å². The van der Waals surface area contributed by atoms with Crippen molar-refractivity contribution in [3.8, 4) is 0 Å². The predicted octanol–water partition coefficient (Wildman–Crippen LogP) is 2.82. The Labute approximate surface area is 79.3 Å². The number of carboxylic acids is 1. The lowest BCUT2D eigenvalue weighted by Gasteiger charge is -2.18. The third kappa shape index (κ3) is 1.72. The molecule has 2 heteroatoms. The standard InChI is InChI=1S/C11H18O2/c12-10(13)9-8-11(9)6-4-2-1-3-5-7-11/h9H,1-8H2,(H,12,13). The number of carboxylic acid groups (broad SMARTS) is 1. The summed E-state index contributed by atoms with van der Waals surface area (Å²) in [5.41, 5.74) is 0.242. The number of carbonyl (C=O) groups is 1. The van der Waals surface area contributed by atoms with Crippen LogP contribution in [0.4, 0.5) is 0 Å². The highest BCUT2D eigenvalue weighted by molar-refractivity contribution is 5.74. The average Bonchev–Trinajstić information content (AvgIpc) is 2.73. The maximum atomic E-state index is 10.8. The number of rotatable bonds is 1. The van der Waals surface area contributed by atoms with Crippen molar-refractivity contribution in [1.82, 2.24) is 0 Å². The van der Waals surface area contributed by atoms with Crippen molar-refractivity contribution in [2.24, 2.45) is 11.3 Å². The molecule has 0 aliphatic heterocycles. The topological polar surface area (TPSA) is 37.3 Å². The Balaban J connectivity index is 1.94. The first-order valence-electron chi connectivity index (χ1n) is 5.47. The molecule has 0 aromatic carbocycles. The van der Waals surface area contributed by atoms with Crippen LogP contribution >= 0.6 is 0 Å². The predicted molar refractivity (Wildman–Crippen MR) is 50.5 cm³/mol. The lowest BCUT2D eigenvalue weighted by molar-refractivity contribution is -0.139. The fraction of sp³-hybridized carbons (Fsp3) is 0.909. The molecule has 0 saturated heterocycles. The molecular weight excluding hydrogens is 164 g/mol. The smallest absolute Gasteiger partial charge is 0.307 e. The fourth-order valence-corrected chi connectivity index (χ4v) is 2.86. The minimum atomic E-state index is -0.555. The normalized spacial score (nSPS) is 32.2. The molecular formula is C11H18O2. The van der Waals surface area contributed by atoms with Crippen LogP contribution in [0, 0.1) is 11.3 Å². The molecule has 0 aromatic heterocycles. The van der Waals surface area contributed by atoms with E-state index in [0.29, 0.717) is 0 Å². The van der Waals surface area contributed by atoms with E-state index in [4.69, 9.17) is 5.11 Å². The molecule has 1 spiro atoms. The Bertz CT molecular complexity index is 202. The first-order valence-corrected chi connectivity index (χ1v) is 5.47. The molecule has 74 valence electrons. The summed E-state index contributed by atoms with van der Waals surface area (Å²) in [7, 11) is 0. The summed E-state index contributed by atoms with van der Waals surface area (Å²) in [6.07, 6.45) is 9.79. The number of hydrogen-bond donors (Lipinski definition) is 1. The van der Waals surface area contributed by atoms with Gasteiger partial charge in [0.2, 0.25) is 0 Å². The van der Waals surface area contributed by atoms with Gasteiger partial charge in [-0.25, -0.2) is 0 Å². The molecule has 0 aromatic rings. The van der Waals surface area contributed by atoms with Crippen molar-refractivity contribution in [2.45, 2.75) is 51.4 Å². The quantitative estimate of drug-likeness (QED) is 0.677. The van der Waals surface area contributed by atoms with Gasteiger partial charge in [-0.2, -0.15) is 0 Å². The second-order valence-electron chi connectivity index (χ2n) is 4.73. The summed E-state index contributed by atoms with van der Waals surface area (Å²) in [6.45, 7) is 0. The average molecular weight is 182 g/mol. The van der Waals surface area contributed by atoms with E-state index in [1.807, 2.05) is 0 Å². The van der Waals surface area contributed by atoms with Gasteiger partial charge in [-0.05, 0) is 24.7 Å². The molecule has 1 N–H and O–H groups in total. The van der Waals surface area contributed by atoms with Crippen molar-refractivity contribution >= 4 is 5.97 Å². The molecule has 2 nitrogen and oxygen atoms in total. The monoisotopic (exact) mass is 182 g/mol. The van der Waals surface area contributed by atoms with E-state index in [2.05, 4.69) is 0 Å². The summed E-state index contributed by atoms with van der Waals surface area (Å²) in [4.78, 5) is 10.8. The largest absolute Gasteiger partial charge is 0.481 e. The molecule has 0 bridgehead atoms. The Morgan fingerprint density at radius 3 is 2.08 bits per heavy atom. The minimum Gasteiger partial charge on any atom is -0.481 e. The van der Waals surface area contributed by atoms with Gasteiger partial charge in [-0.3, -0.25) is 4.79 Å². The van der Waals surface area contributed by atoms with Crippen molar-refractivity contribution < 1.29 is 9.90 Å². The van der Waals surface area contributed by atoms with E-state index >= 15 is 0 Å². The Morgan fingerprint density at radius 2 is 1.62 bits per heavy atom. The maximum Gasteiger partial charge on any atom is 0.307 e. The van der Waals surface area contributed by atoms with Crippen LogP contribution in [0.25, 0.3) is 0 Å². The minimum absolute atomic E-state index is 0.00519. The molecule has 0 radical (unpaired) electrons. The van der Waals surface area contributed by atoms with E-state index in [1.165, 1.54) is 44.9 Å². The molecule has 13 heavy (non-hydrogen) atoms. The zero-order valence-electron chi connectivity index (χ0n) is 8.09. The SMILES string of the molecule is O=C(O)C1CC12CCCCCCC2. The Hall–Kier alpha value is -0.530. The molecule has 2 fully saturated rings. The van der Waals surface area contributed by atoms with Crippen molar-refractivity contribution in [2.75, 3.05) is 0 Å². The van der Waals surface area contributed by atoms with E-state index in [1.54, 1.807) is 0 Å². The van der Waals surface area contributed by atoms with Crippen LogP contribution in [0.15, 0.2) is 0 Å². The highest BCUT2D eigenvalue weighted by Crippen LogP contribution is 2.60. The van der Waals surface area contributed by atoms with Crippen LogP contribution < -0.4 is 0 Å². The van der Waals surface area contributed by atoms with Gasteiger partial charge in [0, 0.05) is 0 Å². The number of hydrogen-bond acceptors (Lipinski definition) is 1. The lowest BCUT2D eigenvalue weighted by atomic mass is 9.86. The van der Waals surface area contributed by atoms with Crippen LogP contribution in [0.2, 0.25) is 0 Å². The molecule has 2 aliphatic rings. The summed E-state index contributed by atoms with van der Waals surface area (Å²) < 4.78 is 0. The van der Waals surface area contributed by atoms with Crippen LogP contribution in [0.3, 0.4) is 0 Å². The van der Waals surface area contributed by atoms with Crippen LogP contribution in [0.5, 0.6) is 0 Å². The third-order valence-electron chi connectivity index (χ3n) is 3.84. The molecule has 0 heterocycles. The van der Waals surface area contributed by atoms with Gasteiger partial charge in [0.05, 0.1) is 5.92 Å². The van der Waals surface area contributed by atoms with Crippen LogP contribution in [-0.4, -0.2) is 11.1 Å². The van der Waals surface area contributed by atoms with Gasteiger partial charge >= 0.3 is 5.97 Å². The first kappa shape index (κ1) is 9.04. The lowest BCUT2D eigenvalue weighted by Crippen LogP contribution is -2.12. The number of aliphatic carboxylic acids is 1. The van der Waals surface area contributed by atoms with E-state index in [0.717, 1.165) is 6.42 Å². The summed E-state index contributed by atoms with van der Waals surface area (Å²) in [5, 5.41) is 8.93. The van der Waals surface area contributed by atoms with Crippen LogP contribution in [0.1, 0.15) is 51.4 Å². The highest BCUT2D eigenvalue weighted by Gasteiger charge is 2.56. The van der Waals surface area contributed by atoms with E-state index in [9.17, 15) is 4.79 Å². The maximum absolute atomic E-state index is 10.8. The second kappa shape index (κ2) is 3.32.